The zero-order valence-electron chi connectivity index (χ0n) is 9.41. The Morgan fingerprint density at radius 2 is 1.94 bits per heavy atom. The summed E-state index contributed by atoms with van der Waals surface area (Å²) < 4.78 is 5.52. The van der Waals surface area contributed by atoms with Gasteiger partial charge in [-0.05, 0) is 6.07 Å². The molecule has 0 aliphatic carbocycles. The number of nitrogens with two attached hydrogens (primary N) is 1. The summed E-state index contributed by atoms with van der Waals surface area (Å²) in [6.07, 6.45) is 2.76. The number of carboxylic acids is 1. The molecule has 18 heavy (non-hydrogen) atoms. The number of carboxylic acid groups (broad SMARTS) is 1. The second-order valence-corrected chi connectivity index (χ2v) is 3.56. The molecule has 0 unspecified atom stereocenters. The number of rotatable bonds is 4. The Balaban J connectivity index is 2.23. The lowest BCUT2D eigenvalue weighted by Gasteiger charge is -2.09. The fourth-order valence-corrected chi connectivity index (χ4v) is 1.42. The van der Waals surface area contributed by atoms with E-state index in [-0.39, 0.29) is 12.4 Å². The molecule has 3 N–H and O–H groups in total. The molecule has 2 aromatic rings. The third-order valence-corrected chi connectivity index (χ3v) is 2.19. The minimum atomic E-state index is -0.917. The van der Waals surface area contributed by atoms with Crippen LogP contribution in [-0.2, 0) is 11.2 Å². The Kier molecular flexibility index (Phi) is 3.38. The predicted molar refractivity (Wildman–Crippen MR) is 64.3 cm³/mol. The van der Waals surface area contributed by atoms with E-state index in [1.807, 2.05) is 0 Å². The highest BCUT2D eigenvalue weighted by atomic mass is 16.5. The summed E-state index contributed by atoms with van der Waals surface area (Å²) in [6, 6.07) is 6.90. The van der Waals surface area contributed by atoms with Gasteiger partial charge in [-0.3, -0.25) is 4.79 Å². The highest BCUT2D eigenvalue weighted by Gasteiger charge is 2.08. The number of benzene rings is 1. The fraction of sp³-hybridized carbons (Fsp3) is 0.0833. The first-order valence-corrected chi connectivity index (χ1v) is 5.20. The molecular weight excluding hydrogens is 234 g/mol. The van der Waals surface area contributed by atoms with Gasteiger partial charge in [0.2, 0.25) is 5.95 Å². The van der Waals surface area contributed by atoms with Crippen molar-refractivity contribution in [1.29, 1.82) is 0 Å². The van der Waals surface area contributed by atoms with E-state index in [4.69, 9.17) is 15.6 Å². The van der Waals surface area contributed by atoms with Crippen molar-refractivity contribution in [3.63, 3.8) is 0 Å². The molecular formula is C12H11N3O3. The maximum absolute atomic E-state index is 10.7. The molecule has 2 rings (SSSR count). The van der Waals surface area contributed by atoms with Crippen LogP contribution in [0.4, 0.5) is 5.95 Å². The van der Waals surface area contributed by atoms with Gasteiger partial charge in [-0.15, -0.1) is 0 Å². The average Bonchev–Trinajstić information content (AvgIpc) is 2.34. The number of hydrogen-bond acceptors (Lipinski definition) is 5. The molecule has 0 spiro atoms. The van der Waals surface area contributed by atoms with E-state index in [0.29, 0.717) is 17.1 Å². The molecule has 1 aromatic carbocycles. The zero-order valence-corrected chi connectivity index (χ0v) is 9.41. The van der Waals surface area contributed by atoms with E-state index in [1.165, 1.54) is 12.4 Å². The first kappa shape index (κ1) is 11.8. The van der Waals surface area contributed by atoms with Gasteiger partial charge in [-0.1, -0.05) is 18.2 Å². The Bertz CT molecular complexity index is 555. The number of hydrogen-bond donors (Lipinski definition) is 2. The van der Waals surface area contributed by atoms with E-state index >= 15 is 0 Å². The molecule has 0 aliphatic heterocycles. The lowest BCUT2D eigenvalue weighted by atomic mass is 10.1. The summed E-state index contributed by atoms with van der Waals surface area (Å²) >= 11 is 0. The fourth-order valence-electron chi connectivity index (χ4n) is 1.42. The van der Waals surface area contributed by atoms with E-state index in [1.54, 1.807) is 24.3 Å². The molecule has 0 amide bonds. The molecule has 0 bridgehead atoms. The van der Waals surface area contributed by atoms with Crippen LogP contribution in [0.2, 0.25) is 0 Å². The topological polar surface area (TPSA) is 98.3 Å². The molecule has 0 atom stereocenters. The predicted octanol–water partition coefficient (Wildman–Crippen LogP) is 1.48. The second-order valence-electron chi connectivity index (χ2n) is 3.56. The number of aromatic nitrogens is 2. The number of anilines is 1. The summed E-state index contributed by atoms with van der Waals surface area (Å²) in [5.74, 6) is 0.107. The van der Waals surface area contributed by atoms with Crippen LogP contribution in [-0.4, -0.2) is 21.0 Å². The van der Waals surface area contributed by atoms with Gasteiger partial charge in [0.25, 0.3) is 0 Å². The minimum Gasteiger partial charge on any atom is -0.481 e. The number of aliphatic carboxylic acids is 1. The molecule has 6 nitrogen and oxygen atoms in total. The quantitative estimate of drug-likeness (QED) is 0.846. The van der Waals surface area contributed by atoms with E-state index in [2.05, 4.69) is 9.97 Å². The Morgan fingerprint density at radius 1 is 1.28 bits per heavy atom. The smallest absolute Gasteiger partial charge is 0.307 e. The van der Waals surface area contributed by atoms with Crippen LogP contribution in [0.25, 0.3) is 0 Å². The number of carbonyl (C=O) groups is 1. The van der Waals surface area contributed by atoms with Gasteiger partial charge >= 0.3 is 5.97 Å². The molecule has 0 aliphatic rings. The lowest BCUT2D eigenvalue weighted by Crippen LogP contribution is -2.02. The highest BCUT2D eigenvalue weighted by Crippen LogP contribution is 2.24. The van der Waals surface area contributed by atoms with Crippen molar-refractivity contribution in [2.75, 3.05) is 5.73 Å². The third kappa shape index (κ3) is 2.94. The van der Waals surface area contributed by atoms with E-state index < -0.39 is 5.97 Å². The molecule has 1 aromatic heterocycles. The molecule has 0 radical (unpaired) electrons. The van der Waals surface area contributed by atoms with Crippen LogP contribution in [0, 0.1) is 0 Å². The number of nitrogens with zero attached hydrogens (tertiary/aromatic N) is 2. The lowest BCUT2D eigenvalue weighted by molar-refractivity contribution is -0.136. The van der Waals surface area contributed by atoms with Crippen LogP contribution in [0.5, 0.6) is 11.5 Å². The van der Waals surface area contributed by atoms with Crippen LogP contribution >= 0.6 is 0 Å². The Morgan fingerprint density at radius 3 is 2.61 bits per heavy atom. The minimum absolute atomic E-state index is 0.105. The number of ether oxygens (including phenoxy) is 1. The third-order valence-electron chi connectivity index (χ3n) is 2.19. The van der Waals surface area contributed by atoms with Crippen molar-refractivity contribution in [2.45, 2.75) is 6.42 Å². The molecule has 0 saturated carbocycles. The molecule has 0 saturated heterocycles. The Labute approximate surface area is 103 Å². The van der Waals surface area contributed by atoms with Gasteiger partial charge < -0.3 is 15.6 Å². The summed E-state index contributed by atoms with van der Waals surface area (Å²) in [4.78, 5) is 18.3. The maximum atomic E-state index is 10.7. The first-order chi connectivity index (χ1) is 8.65. The summed E-state index contributed by atoms with van der Waals surface area (Å²) in [7, 11) is 0. The monoisotopic (exact) mass is 245 g/mol. The molecule has 0 fully saturated rings. The zero-order chi connectivity index (χ0) is 13.0. The number of nitrogen functional groups attached to an aromatic ring is 1. The van der Waals surface area contributed by atoms with Crippen molar-refractivity contribution in [3.05, 3.63) is 42.2 Å². The highest BCUT2D eigenvalue weighted by molar-refractivity contribution is 5.71. The van der Waals surface area contributed by atoms with Crippen molar-refractivity contribution in [3.8, 4) is 11.5 Å². The van der Waals surface area contributed by atoms with Gasteiger partial charge in [0.05, 0.1) is 18.8 Å². The van der Waals surface area contributed by atoms with Crippen molar-refractivity contribution >= 4 is 11.9 Å². The van der Waals surface area contributed by atoms with Gasteiger partial charge in [-0.2, -0.15) is 0 Å². The van der Waals surface area contributed by atoms with E-state index in [9.17, 15) is 4.79 Å². The standard InChI is InChI=1S/C12H11N3O3/c13-12-14-6-9(7-15-12)18-10-4-2-1-3-8(10)5-11(16)17/h1-4,6-7H,5H2,(H,16,17)(H2,13,14,15). The van der Waals surface area contributed by atoms with Crippen LogP contribution < -0.4 is 10.5 Å². The summed E-state index contributed by atoms with van der Waals surface area (Å²) in [6.45, 7) is 0. The largest absolute Gasteiger partial charge is 0.481 e. The first-order valence-electron chi connectivity index (χ1n) is 5.20. The van der Waals surface area contributed by atoms with Crippen LogP contribution in [0.3, 0.4) is 0 Å². The molecule has 1 heterocycles. The Hall–Kier alpha value is -2.63. The second kappa shape index (κ2) is 5.13. The van der Waals surface area contributed by atoms with E-state index in [0.717, 1.165) is 0 Å². The summed E-state index contributed by atoms with van der Waals surface area (Å²) in [5, 5.41) is 8.80. The van der Waals surface area contributed by atoms with Gasteiger partial charge in [0.1, 0.15) is 5.75 Å². The number of para-hydroxylation sites is 1. The van der Waals surface area contributed by atoms with Crippen molar-refractivity contribution in [2.24, 2.45) is 0 Å². The van der Waals surface area contributed by atoms with Gasteiger partial charge in [-0.25, -0.2) is 9.97 Å². The maximum Gasteiger partial charge on any atom is 0.307 e. The average molecular weight is 245 g/mol. The molecule has 6 heteroatoms. The summed E-state index contributed by atoms with van der Waals surface area (Å²) in [5.41, 5.74) is 5.95. The van der Waals surface area contributed by atoms with Crippen molar-refractivity contribution in [1.82, 2.24) is 9.97 Å². The normalized spacial score (nSPS) is 10.0. The van der Waals surface area contributed by atoms with Crippen LogP contribution in [0.15, 0.2) is 36.7 Å². The SMILES string of the molecule is Nc1ncc(Oc2ccccc2CC(=O)O)cn1. The van der Waals surface area contributed by atoms with Gasteiger partial charge in [0, 0.05) is 5.56 Å². The van der Waals surface area contributed by atoms with Crippen LogP contribution in [0.1, 0.15) is 5.56 Å². The van der Waals surface area contributed by atoms with Crippen molar-refractivity contribution < 1.29 is 14.6 Å². The van der Waals surface area contributed by atoms with Gasteiger partial charge in [0.15, 0.2) is 5.75 Å². The molecule has 92 valence electrons.